The Kier molecular flexibility index (Phi) is 6.97. The molecule has 1 radical (unpaired) electrons. The monoisotopic (exact) mass is 307 g/mol. The Morgan fingerprint density at radius 3 is 1.95 bits per heavy atom. The van der Waals surface area contributed by atoms with Crippen molar-refractivity contribution in [3.8, 4) is 0 Å². The first-order valence-corrected chi connectivity index (χ1v) is 7.34. The summed E-state index contributed by atoms with van der Waals surface area (Å²) < 4.78 is 6.99. The van der Waals surface area contributed by atoms with Crippen molar-refractivity contribution < 1.29 is 26.8 Å². The average molecular weight is 308 g/mol. The molecule has 1 aliphatic rings. The van der Waals surface area contributed by atoms with E-state index >= 15 is 0 Å². The Hall–Kier alpha value is 0.130. The maximum Gasteiger partial charge on any atom is 0.0802 e. The first kappa shape index (κ1) is 20.1. The molecule has 0 atom stereocenters. The smallest absolute Gasteiger partial charge is 0.0802 e. The summed E-state index contributed by atoms with van der Waals surface area (Å²) >= 11 is 0. The molecule has 1 rings (SSSR count). The molecule has 0 amide bonds. The Morgan fingerprint density at radius 2 is 1.55 bits per heavy atom. The molecule has 1 aliphatic heterocycles. The van der Waals surface area contributed by atoms with Crippen LogP contribution in [0.25, 0.3) is 0 Å². The fraction of sp³-hybridized carbons (Fsp3) is 1.00. The number of hydroxylamine groups is 2. The van der Waals surface area contributed by atoms with Gasteiger partial charge in [-0.05, 0) is 40.5 Å². The number of piperidine rings is 1. The minimum Gasteiger partial charge on any atom is -1.00 e. The van der Waals surface area contributed by atoms with Crippen LogP contribution in [0.5, 0.6) is 0 Å². The van der Waals surface area contributed by atoms with Crippen LogP contribution in [0.4, 0.5) is 0 Å². The first-order valence-electron chi connectivity index (χ1n) is 7.34. The fourth-order valence-corrected chi connectivity index (χ4v) is 3.08. The average Bonchev–Trinajstić information content (AvgIpc) is 2.19. The van der Waals surface area contributed by atoms with Crippen molar-refractivity contribution >= 4 is 0 Å². The lowest BCUT2D eigenvalue weighted by atomic mass is 9.80. The van der Waals surface area contributed by atoms with Crippen LogP contribution in [0.2, 0.25) is 0 Å². The van der Waals surface area contributed by atoms with Crippen LogP contribution in [0.15, 0.2) is 0 Å². The zero-order valence-electron chi connectivity index (χ0n) is 14.2. The second-order valence-electron chi connectivity index (χ2n) is 8.19. The lowest BCUT2D eigenvalue weighted by Gasteiger charge is -2.49. The van der Waals surface area contributed by atoms with Gasteiger partial charge in [0.15, 0.2) is 0 Å². The van der Waals surface area contributed by atoms with Gasteiger partial charge in [0.1, 0.15) is 0 Å². The zero-order valence-corrected chi connectivity index (χ0v) is 15.0. The second kappa shape index (κ2) is 6.93. The van der Waals surface area contributed by atoms with Gasteiger partial charge in [-0.3, -0.25) is 0 Å². The summed E-state index contributed by atoms with van der Waals surface area (Å²) in [4.78, 5) is 0. The van der Waals surface area contributed by atoms with Crippen molar-refractivity contribution in [3.05, 3.63) is 0 Å². The highest BCUT2D eigenvalue weighted by molar-refractivity contribution is 4.96. The van der Waals surface area contributed by atoms with Crippen molar-refractivity contribution in [2.45, 2.75) is 64.1 Å². The van der Waals surface area contributed by atoms with E-state index in [0.717, 1.165) is 36.9 Å². The molecular formula is C15H32ClN2O2. The third-order valence-corrected chi connectivity index (χ3v) is 3.88. The van der Waals surface area contributed by atoms with E-state index in [4.69, 9.17) is 4.74 Å². The lowest BCUT2D eigenvalue weighted by molar-refractivity contribution is -0.870. The number of quaternary nitrogens is 1. The molecule has 0 N–H and O–H groups in total. The normalized spacial score (nSPS) is 23.4. The van der Waals surface area contributed by atoms with Gasteiger partial charge in [-0.25, -0.2) is 0 Å². The lowest BCUT2D eigenvalue weighted by Crippen LogP contribution is -3.00. The molecule has 0 aliphatic carbocycles. The van der Waals surface area contributed by atoms with Crippen molar-refractivity contribution in [1.82, 2.24) is 5.06 Å². The molecule has 1 heterocycles. The van der Waals surface area contributed by atoms with E-state index in [1.165, 1.54) is 5.06 Å². The van der Waals surface area contributed by atoms with Crippen LogP contribution in [-0.4, -0.2) is 61.0 Å². The molecule has 0 spiro atoms. The third kappa shape index (κ3) is 5.86. The largest absolute Gasteiger partial charge is 1.00 e. The minimum atomic E-state index is -0.327. The summed E-state index contributed by atoms with van der Waals surface area (Å²) in [5, 5.41) is 13.5. The number of halogens is 1. The van der Waals surface area contributed by atoms with Gasteiger partial charge < -0.3 is 21.6 Å². The highest BCUT2D eigenvalue weighted by Crippen LogP contribution is 2.38. The maximum atomic E-state index is 12.2. The van der Waals surface area contributed by atoms with Crippen LogP contribution in [0.3, 0.4) is 0 Å². The van der Waals surface area contributed by atoms with Crippen molar-refractivity contribution in [2.24, 2.45) is 0 Å². The molecule has 20 heavy (non-hydrogen) atoms. The van der Waals surface area contributed by atoms with Gasteiger partial charge in [0, 0.05) is 17.5 Å². The van der Waals surface area contributed by atoms with Gasteiger partial charge in [-0.1, -0.05) is 0 Å². The summed E-state index contributed by atoms with van der Waals surface area (Å²) in [5.41, 5.74) is -0.654. The zero-order chi connectivity index (χ0) is 14.9. The van der Waals surface area contributed by atoms with Gasteiger partial charge >= 0.3 is 0 Å². The van der Waals surface area contributed by atoms with E-state index in [1.807, 2.05) is 27.7 Å². The molecular weight excluding hydrogens is 276 g/mol. The quantitative estimate of drug-likeness (QED) is 0.505. The molecule has 0 aromatic rings. The molecule has 0 aromatic carbocycles. The topological polar surface area (TPSA) is 32.4 Å². The van der Waals surface area contributed by atoms with Crippen molar-refractivity contribution in [1.29, 1.82) is 0 Å². The van der Waals surface area contributed by atoms with E-state index < -0.39 is 0 Å². The summed E-state index contributed by atoms with van der Waals surface area (Å²) in [6.07, 6.45) is 2.93. The fourth-order valence-electron chi connectivity index (χ4n) is 3.08. The minimum absolute atomic E-state index is 0. The number of ether oxygens (including phenoxy) is 1. The number of hydrogen-bond donors (Lipinski definition) is 0. The van der Waals surface area contributed by atoms with E-state index in [9.17, 15) is 5.21 Å². The Morgan fingerprint density at radius 1 is 1.10 bits per heavy atom. The Balaban J connectivity index is 0.00000361. The summed E-state index contributed by atoms with van der Waals surface area (Å²) in [7, 11) is 6.59. The van der Waals surface area contributed by atoms with Crippen LogP contribution in [-0.2, 0) is 9.94 Å². The van der Waals surface area contributed by atoms with Crippen LogP contribution < -0.4 is 12.4 Å². The van der Waals surface area contributed by atoms with Crippen molar-refractivity contribution in [2.75, 3.05) is 34.3 Å². The number of nitrogens with zero attached hydrogens (tertiary/aromatic N) is 2. The van der Waals surface area contributed by atoms with Crippen LogP contribution in [0, 0.1) is 0 Å². The van der Waals surface area contributed by atoms with E-state index in [-0.39, 0.29) is 29.6 Å². The molecule has 0 saturated carbocycles. The molecule has 4 nitrogen and oxygen atoms in total. The van der Waals surface area contributed by atoms with Gasteiger partial charge in [0.05, 0.1) is 40.4 Å². The van der Waals surface area contributed by atoms with Gasteiger partial charge in [0.2, 0.25) is 0 Å². The predicted molar refractivity (Wildman–Crippen MR) is 77.2 cm³/mol. The van der Waals surface area contributed by atoms with Gasteiger partial charge in [0.25, 0.3) is 0 Å². The van der Waals surface area contributed by atoms with Gasteiger partial charge in [-0.15, -0.1) is 10.3 Å². The molecule has 0 aromatic heterocycles. The van der Waals surface area contributed by atoms with E-state index in [2.05, 4.69) is 21.1 Å². The Bertz CT molecular complexity index is 283. The third-order valence-electron chi connectivity index (χ3n) is 3.88. The molecule has 1 fully saturated rings. The maximum absolute atomic E-state index is 12.2. The Labute approximate surface area is 131 Å². The van der Waals surface area contributed by atoms with Crippen LogP contribution in [0.1, 0.15) is 47.0 Å². The summed E-state index contributed by atoms with van der Waals surface area (Å²) in [6.45, 7) is 9.98. The van der Waals surface area contributed by atoms with Gasteiger partial charge in [-0.2, -0.15) is 0 Å². The number of rotatable bonds is 5. The second-order valence-corrected chi connectivity index (χ2v) is 8.19. The highest BCUT2D eigenvalue weighted by atomic mass is 35.5. The molecule has 121 valence electrons. The standard InChI is InChI=1S/C15H32N2O2.ClH/c1-14(2)11-13(12-15(3,4)16(14)18)19-10-8-9-17(5,6)7;/h13H,8-12H2,1-7H3;1H/q+1;/p-1. The summed E-state index contributed by atoms with van der Waals surface area (Å²) in [5.74, 6) is 0. The number of hydrogen-bond acceptors (Lipinski definition) is 2. The first-order chi connectivity index (χ1) is 8.44. The predicted octanol–water partition coefficient (Wildman–Crippen LogP) is -0.530. The SMILES string of the molecule is CC1(C)CC(OCCC[N+](C)(C)C)CC(C)(C)N1[O].[Cl-]. The molecule has 0 unspecified atom stereocenters. The van der Waals surface area contributed by atoms with E-state index in [1.54, 1.807) is 0 Å². The molecule has 1 saturated heterocycles. The van der Waals surface area contributed by atoms with Crippen LogP contribution >= 0.6 is 0 Å². The highest BCUT2D eigenvalue weighted by Gasteiger charge is 2.46. The molecule has 5 heteroatoms. The van der Waals surface area contributed by atoms with E-state index in [0.29, 0.717) is 0 Å². The molecule has 0 bridgehead atoms. The summed E-state index contributed by atoms with van der Waals surface area (Å²) in [6, 6.07) is 0. The van der Waals surface area contributed by atoms with Crippen molar-refractivity contribution in [3.63, 3.8) is 0 Å².